The van der Waals surface area contributed by atoms with Gasteiger partial charge >= 0.3 is 12.0 Å². The number of nitrogens with zero attached hydrogens (tertiary/aromatic N) is 1. The summed E-state index contributed by atoms with van der Waals surface area (Å²) in [5.41, 5.74) is 1.39. The van der Waals surface area contributed by atoms with Crippen molar-refractivity contribution in [2.45, 2.75) is 13.5 Å². The molecule has 1 aliphatic rings. The van der Waals surface area contributed by atoms with Gasteiger partial charge in [0.2, 0.25) is 0 Å². The molecule has 0 aromatic heterocycles. The number of carboxylic acid groups (broad SMARTS) is 1. The van der Waals surface area contributed by atoms with Gasteiger partial charge in [-0.1, -0.05) is 12.1 Å². The van der Waals surface area contributed by atoms with Crippen LogP contribution in [0.3, 0.4) is 0 Å². The fraction of sp³-hybridized carbons (Fsp3) is 0.143. The van der Waals surface area contributed by atoms with Gasteiger partial charge in [0.15, 0.2) is 11.5 Å². The third kappa shape index (κ3) is 6.10. The molecular formula is C28H23BrN2O8. The second-order valence-electron chi connectivity index (χ2n) is 8.21. The molecule has 1 fully saturated rings. The lowest BCUT2D eigenvalue weighted by Crippen LogP contribution is -2.54. The molecule has 0 atom stereocenters. The van der Waals surface area contributed by atoms with E-state index in [-0.39, 0.29) is 23.4 Å². The van der Waals surface area contributed by atoms with E-state index in [1.165, 1.54) is 37.5 Å². The van der Waals surface area contributed by atoms with Crippen molar-refractivity contribution >= 4 is 51.5 Å². The number of benzene rings is 3. The van der Waals surface area contributed by atoms with Crippen LogP contribution in [0.25, 0.3) is 6.08 Å². The fourth-order valence-corrected chi connectivity index (χ4v) is 4.34. The van der Waals surface area contributed by atoms with Gasteiger partial charge in [0.1, 0.15) is 17.9 Å². The zero-order valence-electron chi connectivity index (χ0n) is 20.9. The van der Waals surface area contributed by atoms with Gasteiger partial charge < -0.3 is 19.3 Å². The van der Waals surface area contributed by atoms with Crippen LogP contribution < -0.4 is 24.4 Å². The Bertz CT molecular complexity index is 1470. The van der Waals surface area contributed by atoms with Crippen LogP contribution in [0.5, 0.6) is 17.2 Å². The summed E-state index contributed by atoms with van der Waals surface area (Å²) in [4.78, 5) is 50.3. The highest BCUT2D eigenvalue weighted by molar-refractivity contribution is 9.10. The number of urea groups is 1. The Labute approximate surface area is 231 Å². The molecule has 0 aliphatic carbocycles. The van der Waals surface area contributed by atoms with Crippen LogP contribution in [-0.4, -0.2) is 42.6 Å². The van der Waals surface area contributed by atoms with Gasteiger partial charge in [0.05, 0.1) is 29.4 Å². The van der Waals surface area contributed by atoms with E-state index >= 15 is 0 Å². The Balaban J connectivity index is 1.62. The Hall–Kier alpha value is -4.64. The molecule has 1 aliphatic heterocycles. The molecule has 3 aromatic rings. The molecule has 0 saturated carbocycles. The van der Waals surface area contributed by atoms with Crippen molar-refractivity contribution in [2.24, 2.45) is 0 Å². The molecule has 4 rings (SSSR count). The monoisotopic (exact) mass is 594 g/mol. The van der Waals surface area contributed by atoms with Crippen LogP contribution >= 0.6 is 15.9 Å². The predicted molar refractivity (Wildman–Crippen MR) is 145 cm³/mol. The maximum absolute atomic E-state index is 13.2. The van der Waals surface area contributed by atoms with E-state index in [1.807, 2.05) is 0 Å². The van der Waals surface area contributed by atoms with Gasteiger partial charge in [0.25, 0.3) is 11.8 Å². The van der Waals surface area contributed by atoms with Crippen LogP contribution in [-0.2, 0) is 16.2 Å². The molecule has 2 N–H and O–H groups in total. The number of methoxy groups -OCH3 is 1. The Morgan fingerprint density at radius 3 is 2.33 bits per heavy atom. The number of carbonyl (C=O) groups excluding carboxylic acids is 3. The highest BCUT2D eigenvalue weighted by atomic mass is 79.9. The number of aromatic carboxylic acids is 1. The normalized spacial score (nSPS) is 14.3. The summed E-state index contributed by atoms with van der Waals surface area (Å²) in [6.07, 6.45) is 1.36. The van der Waals surface area contributed by atoms with Crippen LogP contribution in [0.2, 0.25) is 0 Å². The summed E-state index contributed by atoms with van der Waals surface area (Å²) in [6, 6.07) is 14.9. The van der Waals surface area contributed by atoms with E-state index in [1.54, 1.807) is 43.3 Å². The highest BCUT2D eigenvalue weighted by Gasteiger charge is 2.37. The average Bonchev–Trinajstić information content (AvgIpc) is 2.91. The largest absolute Gasteiger partial charge is 0.497 e. The number of barbiturate groups is 1. The zero-order valence-corrected chi connectivity index (χ0v) is 22.5. The van der Waals surface area contributed by atoms with Crippen LogP contribution in [0.1, 0.15) is 28.4 Å². The standard InChI is InChI=1S/C28H23BrN2O8/c1-3-38-23-14-17(13-22(29)24(23)39-15-16-4-6-18(7-5-16)27(34)35)12-21-25(32)30-28(36)31(26(21)33)19-8-10-20(37-2)11-9-19/h4-14H,3,15H2,1-2H3,(H,34,35)(H,30,32,36)/b21-12+. The van der Waals surface area contributed by atoms with E-state index in [0.717, 1.165) is 10.5 Å². The summed E-state index contributed by atoms with van der Waals surface area (Å²) >= 11 is 3.47. The van der Waals surface area contributed by atoms with E-state index in [4.69, 9.17) is 19.3 Å². The molecule has 0 radical (unpaired) electrons. The van der Waals surface area contributed by atoms with Crippen molar-refractivity contribution < 1.29 is 38.5 Å². The molecule has 0 unspecified atom stereocenters. The molecule has 10 nitrogen and oxygen atoms in total. The molecule has 1 heterocycles. The number of imide groups is 2. The van der Waals surface area contributed by atoms with E-state index in [2.05, 4.69) is 21.2 Å². The summed E-state index contributed by atoms with van der Waals surface area (Å²) in [7, 11) is 1.50. The molecule has 200 valence electrons. The van der Waals surface area contributed by atoms with Gasteiger partial charge in [-0.15, -0.1) is 0 Å². The molecule has 0 bridgehead atoms. The van der Waals surface area contributed by atoms with Gasteiger partial charge in [-0.25, -0.2) is 14.5 Å². The Kier molecular flexibility index (Phi) is 8.30. The molecule has 11 heteroatoms. The number of rotatable bonds is 9. The first-order chi connectivity index (χ1) is 18.7. The number of carboxylic acids is 1. The summed E-state index contributed by atoms with van der Waals surface area (Å²) in [5, 5.41) is 11.3. The summed E-state index contributed by atoms with van der Waals surface area (Å²) in [5.74, 6) is -1.34. The van der Waals surface area contributed by atoms with Crippen molar-refractivity contribution in [1.29, 1.82) is 0 Å². The fourth-order valence-electron chi connectivity index (χ4n) is 3.76. The molecule has 4 amide bonds. The minimum atomic E-state index is -1.02. The van der Waals surface area contributed by atoms with Crippen molar-refractivity contribution in [3.05, 3.63) is 87.4 Å². The minimum absolute atomic E-state index is 0.138. The lowest BCUT2D eigenvalue weighted by molar-refractivity contribution is -0.122. The number of hydrogen-bond acceptors (Lipinski definition) is 7. The van der Waals surface area contributed by atoms with Crippen molar-refractivity contribution in [2.75, 3.05) is 18.6 Å². The van der Waals surface area contributed by atoms with Crippen molar-refractivity contribution in [3.8, 4) is 17.2 Å². The van der Waals surface area contributed by atoms with Gasteiger partial charge in [-0.3, -0.25) is 14.9 Å². The second-order valence-corrected chi connectivity index (χ2v) is 9.06. The second kappa shape index (κ2) is 11.8. The van der Waals surface area contributed by atoms with Crippen LogP contribution in [0.4, 0.5) is 10.5 Å². The lowest BCUT2D eigenvalue weighted by atomic mass is 10.1. The predicted octanol–water partition coefficient (Wildman–Crippen LogP) is 4.80. The lowest BCUT2D eigenvalue weighted by Gasteiger charge is -2.26. The maximum Gasteiger partial charge on any atom is 0.335 e. The zero-order chi connectivity index (χ0) is 28.1. The van der Waals surface area contributed by atoms with Crippen LogP contribution in [0.15, 0.2) is 70.7 Å². The first-order valence-corrected chi connectivity index (χ1v) is 12.5. The maximum atomic E-state index is 13.2. The van der Waals surface area contributed by atoms with Crippen LogP contribution in [0, 0.1) is 0 Å². The Morgan fingerprint density at radius 1 is 1.03 bits per heavy atom. The SMILES string of the molecule is CCOc1cc(/C=C2\C(=O)NC(=O)N(c3ccc(OC)cc3)C2=O)cc(Br)c1OCc1ccc(C(=O)O)cc1. The first-order valence-electron chi connectivity index (χ1n) is 11.7. The number of amides is 4. The number of ether oxygens (including phenoxy) is 3. The van der Waals surface area contributed by atoms with Gasteiger partial charge in [0, 0.05) is 0 Å². The number of halogens is 1. The van der Waals surface area contributed by atoms with E-state index in [9.17, 15) is 19.2 Å². The molecule has 39 heavy (non-hydrogen) atoms. The first kappa shape index (κ1) is 27.4. The summed E-state index contributed by atoms with van der Waals surface area (Å²) in [6.45, 7) is 2.25. The smallest absolute Gasteiger partial charge is 0.335 e. The molecular weight excluding hydrogens is 572 g/mol. The number of anilines is 1. The van der Waals surface area contributed by atoms with Crippen molar-refractivity contribution in [1.82, 2.24) is 5.32 Å². The third-order valence-electron chi connectivity index (χ3n) is 5.66. The number of nitrogens with one attached hydrogen (secondary N) is 1. The van der Waals surface area contributed by atoms with Gasteiger partial charge in [-0.05, 0) is 88.6 Å². The minimum Gasteiger partial charge on any atom is -0.497 e. The molecule has 3 aromatic carbocycles. The van der Waals surface area contributed by atoms with Gasteiger partial charge in [-0.2, -0.15) is 0 Å². The topological polar surface area (TPSA) is 131 Å². The average molecular weight is 595 g/mol. The summed E-state index contributed by atoms with van der Waals surface area (Å²) < 4.78 is 17.3. The highest BCUT2D eigenvalue weighted by Crippen LogP contribution is 2.38. The number of hydrogen-bond donors (Lipinski definition) is 2. The molecule has 0 spiro atoms. The quantitative estimate of drug-likeness (QED) is 0.267. The molecule has 1 saturated heterocycles. The third-order valence-corrected chi connectivity index (χ3v) is 6.25. The van der Waals surface area contributed by atoms with E-state index in [0.29, 0.717) is 33.9 Å². The Morgan fingerprint density at radius 2 is 1.72 bits per heavy atom. The van der Waals surface area contributed by atoms with E-state index < -0.39 is 23.8 Å². The number of carbonyl (C=O) groups is 4. The van der Waals surface area contributed by atoms with Crippen molar-refractivity contribution in [3.63, 3.8) is 0 Å².